The summed E-state index contributed by atoms with van der Waals surface area (Å²) in [7, 11) is 2.18. The molecule has 1 aromatic carbocycles. The molecule has 0 aromatic heterocycles. The lowest BCUT2D eigenvalue weighted by Crippen LogP contribution is -2.39. The molecule has 1 atom stereocenters. The van der Waals surface area contributed by atoms with E-state index in [0.717, 1.165) is 41.8 Å². The van der Waals surface area contributed by atoms with Crippen LogP contribution in [0.4, 0.5) is 5.69 Å². The molecule has 104 valence electrons. The van der Waals surface area contributed by atoms with Gasteiger partial charge in [-0.1, -0.05) is 28.1 Å². The summed E-state index contributed by atoms with van der Waals surface area (Å²) >= 11 is 8.68. The fraction of sp³-hybridized carbons (Fsp3) is 0.500. The second kappa shape index (κ2) is 6.20. The Morgan fingerprint density at radius 2 is 2.16 bits per heavy atom. The zero-order valence-electron chi connectivity index (χ0n) is 11.4. The number of nitrogens with zero attached hydrogens (tertiary/aromatic N) is 2. The molecule has 1 heterocycles. The molecular formula is C14H20BrN3S. The predicted octanol–water partition coefficient (Wildman–Crippen LogP) is 2.61. The molecule has 1 saturated heterocycles. The maximum Gasteiger partial charge on any atom is 0.106 e. The molecule has 0 spiro atoms. The lowest BCUT2D eigenvalue weighted by Gasteiger charge is -2.31. The van der Waals surface area contributed by atoms with Gasteiger partial charge in [0.1, 0.15) is 4.99 Å². The van der Waals surface area contributed by atoms with Gasteiger partial charge in [-0.25, -0.2) is 0 Å². The highest BCUT2D eigenvalue weighted by molar-refractivity contribution is 9.10. The molecule has 0 bridgehead atoms. The standard InChI is InChI=1S/C14H20BrN3S/c1-10-9-17(2)6-3-7-18(10)13-5-4-11(15)8-12(13)14(16)19/h4-5,8,10H,3,6-7,9H2,1-2H3,(H2,16,19). The van der Waals surface area contributed by atoms with Crippen LogP contribution in [0.5, 0.6) is 0 Å². The van der Waals surface area contributed by atoms with Crippen LogP contribution in [0, 0.1) is 0 Å². The van der Waals surface area contributed by atoms with Crippen LogP contribution in [0.25, 0.3) is 0 Å². The van der Waals surface area contributed by atoms with E-state index in [1.807, 2.05) is 6.07 Å². The maximum absolute atomic E-state index is 5.88. The summed E-state index contributed by atoms with van der Waals surface area (Å²) in [6.45, 7) is 5.50. The van der Waals surface area contributed by atoms with Crippen molar-refractivity contribution in [3.8, 4) is 0 Å². The summed E-state index contributed by atoms with van der Waals surface area (Å²) in [5, 5.41) is 0. The fourth-order valence-corrected chi connectivity index (χ4v) is 3.21. The minimum absolute atomic E-state index is 0.459. The Bertz CT molecular complexity index is 478. The smallest absolute Gasteiger partial charge is 0.106 e. The Morgan fingerprint density at radius 1 is 1.42 bits per heavy atom. The Kier molecular flexibility index (Phi) is 4.81. The molecule has 1 aliphatic heterocycles. The summed E-state index contributed by atoms with van der Waals surface area (Å²) in [5.74, 6) is 0. The first-order valence-corrected chi connectivity index (χ1v) is 7.73. The van der Waals surface area contributed by atoms with E-state index in [9.17, 15) is 0 Å². The molecule has 19 heavy (non-hydrogen) atoms. The van der Waals surface area contributed by atoms with Crippen LogP contribution in [0.3, 0.4) is 0 Å². The van der Waals surface area contributed by atoms with E-state index in [2.05, 4.69) is 51.8 Å². The fourth-order valence-electron chi connectivity index (χ4n) is 2.69. The monoisotopic (exact) mass is 341 g/mol. The van der Waals surface area contributed by atoms with Crippen LogP contribution < -0.4 is 10.6 Å². The predicted molar refractivity (Wildman–Crippen MR) is 89.0 cm³/mol. The van der Waals surface area contributed by atoms with Crippen molar-refractivity contribution >= 4 is 38.8 Å². The first-order valence-electron chi connectivity index (χ1n) is 6.53. The molecule has 0 radical (unpaired) electrons. The van der Waals surface area contributed by atoms with Crippen molar-refractivity contribution in [3.63, 3.8) is 0 Å². The van der Waals surface area contributed by atoms with Gasteiger partial charge < -0.3 is 15.5 Å². The number of nitrogens with two attached hydrogens (primary N) is 1. The molecule has 1 fully saturated rings. The number of anilines is 1. The third-order valence-corrected chi connectivity index (χ3v) is 4.29. The average molecular weight is 342 g/mol. The van der Waals surface area contributed by atoms with Crippen molar-refractivity contribution in [2.24, 2.45) is 5.73 Å². The van der Waals surface area contributed by atoms with Crippen LogP contribution in [0.2, 0.25) is 0 Å². The number of benzene rings is 1. The van der Waals surface area contributed by atoms with Crippen molar-refractivity contribution in [1.82, 2.24) is 4.90 Å². The van der Waals surface area contributed by atoms with Crippen molar-refractivity contribution in [3.05, 3.63) is 28.2 Å². The van der Waals surface area contributed by atoms with Gasteiger partial charge in [0, 0.05) is 34.9 Å². The molecule has 1 aromatic rings. The van der Waals surface area contributed by atoms with Gasteiger partial charge in [-0.05, 0) is 45.1 Å². The third kappa shape index (κ3) is 3.46. The van der Waals surface area contributed by atoms with Crippen LogP contribution in [0.1, 0.15) is 18.9 Å². The van der Waals surface area contributed by atoms with Crippen molar-refractivity contribution in [2.75, 3.05) is 31.6 Å². The van der Waals surface area contributed by atoms with Gasteiger partial charge >= 0.3 is 0 Å². The molecule has 0 amide bonds. The van der Waals surface area contributed by atoms with Gasteiger partial charge in [0.2, 0.25) is 0 Å². The second-order valence-corrected chi connectivity index (χ2v) is 6.54. The molecule has 0 aliphatic carbocycles. The highest BCUT2D eigenvalue weighted by atomic mass is 79.9. The quantitative estimate of drug-likeness (QED) is 0.838. The zero-order valence-corrected chi connectivity index (χ0v) is 13.8. The normalized spacial score (nSPS) is 21.2. The van der Waals surface area contributed by atoms with Gasteiger partial charge in [-0.15, -0.1) is 0 Å². The number of hydrogen-bond donors (Lipinski definition) is 1. The number of thiocarbonyl (C=S) groups is 1. The maximum atomic E-state index is 5.88. The molecule has 1 aliphatic rings. The van der Waals surface area contributed by atoms with Gasteiger partial charge in [-0.3, -0.25) is 0 Å². The molecule has 2 N–H and O–H groups in total. The number of rotatable bonds is 2. The first kappa shape index (κ1) is 14.8. The topological polar surface area (TPSA) is 32.5 Å². The Morgan fingerprint density at radius 3 is 2.84 bits per heavy atom. The van der Waals surface area contributed by atoms with E-state index >= 15 is 0 Å². The summed E-state index contributed by atoms with van der Waals surface area (Å²) in [4.78, 5) is 5.26. The van der Waals surface area contributed by atoms with Gasteiger partial charge in [-0.2, -0.15) is 0 Å². The first-order chi connectivity index (χ1) is 8.99. The molecular weight excluding hydrogens is 322 g/mol. The van der Waals surface area contributed by atoms with Crippen LogP contribution in [-0.4, -0.2) is 42.6 Å². The molecule has 0 saturated carbocycles. The molecule has 5 heteroatoms. The van der Waals surface area contributed by atoms with E-state index in [-0.39, 0.29) is 0 Å². The Labute approximate surface area is 128 Å². The summed E-state index contributed by atoms with van der Waals surface area (Å²) in [6, 6.07) is 6.64. The lowest BCUT2D eigenvalue weighted by molar-refractivity contribution is 0.337. The molecule has 1 unspecified atom stereocenters. The second-order valence-electron chi connectivity index (χ2n) is 5.18. The zero-order chi connectivity index (χ0) is 14.0. The number of halogens is 1. The highest BCUT2D eigenvalue weighted by Crippen LogP contribution is 2.27. The number of likely N-dealkylation sites (N-methyl/N-ethyl adjacent to an activating group) is 1. The summed E-state index contributed by atoms with van der Waals surface area (Å²) < 4.78 is 1.01. The highest BCUT2D eigenvalue weighted by Gasteiger charge is 2.22. The van der Waals surface area contributed by atoms with E-state index in [4.69, 9.17) is 18.0 Å². The lowest BCUT2D eigenvalue weighted by atomic mass is 10.1. The minimum atomic E-state index is 0.459. The van der Waals surface area contributed by atoms with Gasteiger partial charge in [0.15, 0.2) is 0 Å². The average Bonchev–Trinajstić information content (AvgIpc) is 2.50. The largest absolute Gasteiger partial charge is 0.389 e. The Hall–Kier alpha value is -0.650. The van der Waals surface area contributed by atoms with E-state index < -0.39 is 0 Å². The van der Waals surface area contributed by atoms with Gasteiger partial charge in [0.05, 0.1) is 0 Å². The third-order valence-electron chi connectivity index (χ3n) is 3.58. The SMILES string of the molecule is CC1CN(C)CCCN1c1ccc(Br)cc1C(N)=S. The van der Waals surface area contributed by atoms with E-state index in [1.165, 1.54) is 0 Å². The summed E-state index contributed by atoms with van der Waals surface area (Å²) in [5.41, 5.74) is 7.99. The van der Waals surface area contributed by atoms with E-state index in [0.29, 0.717) is 11.0 Å². The van der Waals surface area contributed by atoms with Crippen LogP contribution >= 0.6 is 28.1 Å². The minimum Gasteiger partial charge on any atom is -0.389 e. The Balaban J connectivity index is 2.37. The van der Waals surface area contributed by atoms with Crippen LogP contribution in [0.15, 0.2) is 22.7 Å². The van der Waals surface area contributed by atoms with E-state index in [1.54, 1.807) is 0 Å². The molecule has 3 nitrogen and oxygen atoms in total. The van der Waals surface area contributed by atoms with Crippen LogP contribution in [-0.2, 0) is 0 Å². The van der Waals surface area contributed by atoms with Gasteiger partial charge in [0.25, 0.3) is 0 Å². The van der Waals surface area contributed by atoms with Crippen molar-refractivity contribution < 1.29 is 0 Å². The molecule has 2 rings (SSSR count). The number of hydrogen-bond acceptors (Lipinski definition) is 3. The van der Waals surface area contributed by atoms with Crippen molar-refractivity contribution in [2.45, 2.75) is 19.4 Å². The van der Waals surface area contributed by atoms with Crippen molar-refractivity contribution in [1.29, 1.82) is 0 Å². The summed E-state index contributed by atoms with van der Waals surface area (Å²) in [6.07, 6.45) is 1.16.